The fourth-order valence-electron chi connectivity index (χ4n) is 1.75. The lowest BCUT2D eigenvalue weighted by Crippen LogP contribution is -1.88. The van der Waals surface area contributed by atoms with E-state index >= 15 is 0 Å². The van der Waals surface area contributed by atoms with Gasteiger partial charge in [-0.1, -0.05) is 12.1 Å². The standard InChI is InChI=1S/C13H7NO4/c15-13-10-2-1-3-11(12(10)13)18-9-6-4-8(5-7-9)14(16)17/h1-7H. The highest BCUT2D eigenvalue weighted by atomic mass is 16.6. The lowest BCUT2D eigenvalue weighted by Gasteiger charge is -2.03. The molecule has 0 radical (unpaired) electrons. The molecule has 88 valence electrons. The second-order valence-electron chi connectivity index (χ2n) is 3.86. The highest BCUT2D eigenvalue weighted by Gasteiger charge is 2.17. The van der Waals surface area contributed by atoms with E-state index in [2.05, 4.69) is 0 Å². The first-order valence-corrected chi connectivity index (χ1v) is 5.27. The summed E-state index contributed by atoms with van der Waals surface area (Å²) in [5, 5.41) is 11.8. The molecule has 0 aliphatic heterocycles. The largest absolute Gasteiger partial charge is 0.457 e. The minimum absolute atomic E-state index is 0.00210. The van der Waals surface area contributed by atoms with Crippen molar-refractivity contribution in [3.8, 4) is 11.5 Å². The van der Waals surface area contributed by atoms with Crippen LogP contribution in [0.3, 0.4) is 0 Å². The van der Waals surface area contributed by atoms with Crippen LogP contribution in [-0.4, -0.2) is 4.92 Å². The van der Waals surface area contributed by atoms with Crippen LogP contribution in [0.5, 0.6) is 11.5 Å². The molecule has 0 saturated carbocycles. The van der Waals surface area contributed by atoms with Gasteiger partial charge in [0.2, 0.25) is 0 Å². The van der Waals surface area contributed by atoms with E-state index in [9.17, 15) is 14.9 Å². The predicted octanol–water partition coefficient (Wildman–Crippen LogP) is 2.78. The summed E-state index contributed by atoms with van der Waals surface area (Å²) in [4.78, 5) is 21.3. The number of nitrogens with zero attached hydrogens (tertiary/aromatic N) is 1. The molecule has 5 heteroatoms. The number of ether oxygens (including phenoxy) is 1. The lowest BCUT2D eigenvalue weighted by molar-refractivity contribution is -0.384. The Balaban J connectivity index is 1.89. The van der Waals surface area contributed by atoms with Crippen molar-refractivity contribution in [3.63, 3.8) is 0 Å². The number of benzene rings is 2. The van der Waals surface area contributed by atoms with Crippen LogP contribution >= 0.6 is 0 Å². The molecule has 0 spiro atoms. The van der Waals surface area contributed by atoms with Crippen molar-refractivity contribution in [2.75, 3.05) is 0 Å². The van der Waals surface area contributed by atoms with Gasteiger partial charge < -0.3 is 4.74 Å². The van der Waals surface area contributed by atoms with Gasteiger partial charge in [0, 0.05) is 17.5 Å². The molecule has 5 nitrogen and oxygen atoms in total. The Labute approximate surface area is 101 Å². The number of nitro groups is 1. The molecule has 0 bridgehead atoms. The van der Waals surface area contributed by atoms with Gasteiger partial charge in [-0.3, -0.25) is 14.9 Å². The third-order valence-electron chi connectivity index (χ3n) is 2.71. The summed E-state index contributed by atoms with van der Waals surface area (Å²) in [6.45, 7) is 0. The molecule has 0 N–H and O–H groups in total. The third-order valence-corrected chi connectivity index (χ3v) is 2.71. The Morgan fingerprint density at radius 2 is 1.78 bits per heavy atom. The maximum Gasteiger partial charge on any atom is 0.269 e. The molecule has 0 unspecified atom stereocenters. The highest BCUT2D eigenvalue weighted by molar-refractivity contribution is 6.02. The van der Waals surface area contributed by atoms with Gasteiger partial charge in [-0.25, -0.2) is 0 Å². The van der Waals surface area contributed by atoms with Gasteiger partial charge in [-0.2, -0.15) is 0 Å². The first-order valence-electron chi connectivity index (χ1n) is 5.27. The zero-order valence-corrected chi connectivity index (χ0v) is 9.12. The topological polar surface area (TPSA) is 69.4 Å². The van der Waals surface area contributed by atoms with Crippen molar-refractivity contribution in [1.82, 2.24) is 0 Å². The quantitative estimate of drug-likeness (QED) is 0.522. The van der Waals surface area contributed by atoms with Crippen LogP contribution in [-0.2, 0) is 0 Å². The van der Waals surface area contributed by atoms with Crippen molar-refractivity contribution >= 4 is 16.5 Å². The molecule has 0 atom stereocenters. The Morgan fingerprint density at radius 3 is 2.44 bits per heavy atom. The molecule has 0 aliphatic rings. The van der Waals surface area contributed by atoms with E-state index in [1.165, 1.54) is 24.3 Å². The molecular weight excluding hydrogens is 234 g/mol. The van der Waals surface area contributed by atoms with Crippen molar-refractivity contribution in [1.29, 1.82) is 0 Å². The molecule has 0 fully saturated rings. The van der Waals surface area contributed by atoms with Crippen LogP contribution in [0, 0.1) is 10.1 Å². The van der Waals surface area contributed by atoms with Crippen molar-refractivity contribution in [3.05, 3.63) is 62.8 Å². The zero-order chi connectivity index (χ0) is 12.7. The minimum atomic E-state index is -0.475. The number of hydrogen-bond donors (Lipinski definition) is 0. The van der Waals surface area contributed by atoms with Crippen molar-refractivity contribution in [2.24, 2.45) is 0 Å². The number of fused-ring (bicyclic) bond motifs is 1. The molecule has 0 heterocycles. The molecule has 0 aliphatic carbocycles. The third kappa shape index (κ3) is 1.62. The van der Waals surface area contributed by atoms with Gasteiger partial charge in [-0.15, -0.1) is 0 Å². The summed E-state index contributed by atoms with van der Waals surface area (Å²) in [5.74, 6) is 0.958. The fraction of sp³-hybridized carbons (Fsp3) is 0. The van der Waals surface area contributed by atoms with E-state index in [1.807, 2.05) is 0 Å². The SMILES string of the molecule is O=c1c2cccc(Oc3ccc([N+](=O)[O-])cc3)c12. The minimum Gasteiger partial charge on any atom is -0.457 e. The Hall–Kier alpha value is -2.69. The average Bonchev–Trinajstić information content (AvgIpc) is 3.03. The van der Waals surface area contributed by atoms with E-state index in [1.54, 1.807) is 18.2 Å². The highest BCUT2D eigenvalue weighted by Crippen LogP contribution is 2.31. The second-order valence-corrected chi connectivity index (χ2v) is 3.86. The van der Waals surface area contributed by atoms with E-state index in [-0.39, 0.29) is 11.1 Å². The van der Waals surface area contributed by atoms with Gasteiger partial charge in [0.25, 0.3) is 5.69 Å². The number of non-ortho nitro benzene ring substituents is 1. The Morgan fingerprint density at radius 1 is 1.06 bits per heavy atom. The monoisotopic (exact) mass is 241 g/mol. The number of hydrogen-bond acceptors (Lipinski definition) is 4. The molecule has 0 aromatic heterocycles. The Bertz CT molecular complexity index is 751. The lowest BCUT2D eigenvalue weighted by atomic mass is 10.3. The molecule has 0 saturated heterocycles. The molecular formula is C13H7NO4. The molecule has 18 heavy (non-hydrogen) atoms. The van der Waals surface area contributed by atoms with Crippen molar-refractivity contribution in [2.45, 2.75) is 0 Å². The van der Waals surface area contributed by atoms with E-state index in [0.29, 0.717) is 22.3 Å². The summed E-state index contributed by atoms with van der Waals surface area (Å²) in [7, 11) is 0. The summed E-state index contributed by atoms with van der Waals surface area (Å²) in [6.07, 6.45) is 0. The van der Waals surface area contributed by atoms with Crippen LogP contribution in [0.15, 0.2) is 47.3 Å². The van der Waals surface area contributed by atoms with Crippen LogP contribution in [0.1, 0.15) is 0 Å². The summed E-state index contributed by atoms with van der Waals surface area (Å²) in [6, 6.07) is 10.9. The van der Waals surface area contributed by atoms with Gasteiger partial charge >= 0.3 is 0 Å². The van der Waals surface area contributed by atoms with Crippen LogP contribution in [0.4, 0.5) is 5.69 Å². The van der Waals surface area contributed by atoms with Crippen LogP contribution in [0.25, 0.3) is 10.8 Å². The summed E-state index contributed by atoms with van der Waals surface area (Å²) in [5.41, 5.74) is -0.000755. The first kappa shape index (κ1) is 10.5. The Kier molecular flexibility index (Phi) is 2.13. The first-order chi connectivity index (χ1) is 8.66. The van der Waals surface area contributed by atoms with Gasteiger partial charge in [0.15, 0.2) is 5.43 Å². The van der Waals surface area contributed by atoms with E-state index in [4.69, 9.17) is 4.74 Å². The molecule has 0 amide bonds. The number of nitro benzene ring substituents is 1. The van der Waals surface area contributed by atoms with Crippen LogP contribution in [0.2, 0.25) is 0 Å². The maximum atomic E-state index is 11.3. The maximum absolute atomic E-state index is 11.3. The summed E-state index contributed by atoms with van der Waals surface area (Å²) >= 11 is 0. The van der Waals surface area contributed by atoms with Gasteiger partial charge in [-0.05, 0) is 18.2 Å². The van der Waals surface area contributed by atoms with Gasteiger partial charge in [0.1, 0.15) is 11.5 Å². The average molecular weight is 241 g/mol. The predicted molar refractivity (Wildman–Crippen MR) is 65.8 cm³/mol. The van der Waals surface area contributed by atoms with E-state index in [0.717, 1.165) is 0 Å². The summed E-state index contributed by atoms with van der Waals surface area (Å²) < 4.78 is 5.52. The van der Waals surface area contributed by atoms with E-state index < -0.39 is 4.92 Å². The molecule has 3 rings (SSSR count). The zero-order valence-electron chi connectivity index (χ0n) is 9.12. The van der Waals surface area contributed by atoms with Gasteiger partial charge in [0.05, 0.1) is 10.3 Å². The molecule has 3 aromatic carbocycles. The molecule has 3 aromatic rings. The second kappa shape index (κ2) is 3.66. The van der Waals surface area contributed by atoms with Crippen LogP contribution < -0.4 is 10.2 Å². The normalized spacial score (nSPS) is 10.9. The number of rotatable bonds is 3. The smallest absolute Gasteiger partial charge is 0.269 e. The fourth-order valence-corrected chi connectivity index (χ4v) is 1.75. The van der Waals surface area contributed by atoms with Crippen molar-refractivity contribution < 1.29 is 9.66 Å².